The highest BCUT2D eigenvalue weighted by atomic mass is 35.5. The summed E-state index contributed by atoms with van der Waals surface area (Å²) in [5, 5.41) is 3.94. The first-order chi connectivity index (χ1) is 13.3. The second-order valence-electron chi connectivity index (χ2n) is 5.71. The number of ether oxygens (including phenoxy) is 3. The second kappa shape index (κ2) is 10.3. The minimum atomic E-state index is 0.462. The molecular formula is C22H22ClNO3. The second-order valence-corrected chi connectivity index (χ2v) is 6.12. The maximum Gasteiger partial charge on any atom is 0.142 e. The average Bonchev–Trinajstić information content (AvgIpc) is 2.71. The van der Waals surface area contributed by atoms with Crippen LogP contribution in [0.25, 0.3) is 0 Å². The Bertz CT molecular complexity index is 827. The molecule has 0 fully saturated rings. The molecule has 27 heavy (non-hydrogen) atoms. The van der Waals surface area contributed by atoms with Crippen LogP contribution in [0.5, 0.6) is 17.2 Å². The van der Waals surface area contributed by atoms with Gasteiger partial charge in [0, 0.05) is 6.54 Å². The summed E-state index contributed by atoms with van der Waals surface area (Å²) in [6.45, 7) is 2.07. The van der Waals surface area contributed by atoms with E-state index in [4.69, 9.17) is 25.8 Å². The highest BCUT2D eigenvalue weighted by Gasteiger charge is 2.04. The molecule has 0 radical (unpaired) electrons. The van der Waals surface area contributed by atoms with Gasteiger partial charge in [-0.05, 0) is 36.4 Å². The Morgan fingerprint density at radius 2 is 1.26 bits per heavy atom. The maximum absolute atomic E-state index is 6.08. The van der Waals surface area contributed by atoms with Crippen LogP contribution >= 0.6 is 11.6 Å². The number of para-hydroxylation sites is 4. The Morgan fingerprint density at radius 1 is 0.630 bits per heavy atom. The summed E-state index contributed by atoms with van der Waals surface area (Å²) < 4.78 is 17.2. The molecule has 0 saturated carbocycles. The van der Waals surface area contributed by atoms with E-state index in [0.29, 0.717) is 37.1 Å². The van der Waals surface area contributed by atoms with E-state index in [1.54, 1.807) is 0 Å². The van der Waals surface area contributed by atoms with Crippen molar-refractivity contribution < 1.29 is 14.2 Å². The fourth-order valence-electron chi connectivity index (χ4n) is 2.47. The zero-order valence-corrected chi connectivity index (χ0v) is 15.7. The van der Waals surface area contributed by atoms with Crippen LogP contribution in [0.15, 0.2) is 78.9 Å². The highest BCUT2D eigenvalue weighted by Crippen LogP contribution is 2.25. The Morgan fingerprint density at radius 3 is 2.07 bits per heavy atom. The van der Waals surface area contributed by atoms with Crippen molar-refractivity contribution in [3.8, 4) is 17.2 Å². The van der Waals surface area contributed by atoms with E-state index >= 15 is 0 Å². The molecule has 3 rings (SSSR count). The average molecular weight is 384 g/mol. The van der Waals surface area contributed by atoms with Crippen LogP contribution in [0, 0.1) is 0 Å². The molecule has 140 valence electrons. The lowest BCUT2D eigenvalue weighted by atomic mass is 10.3. The van der Waals surface area contributed by atoms with Crippen molar-refractivity contribution in [2.24, 2.45) is 0 Å². The van der Waals surface area contributed by atoms with Crippen LogP contribution in [0.3, 0.4) is 0 Å². The van der Waals surface area contributed by atoms with Gasteiger partial charge < -0.3 is 19.5 Å². The lowest BCUT2D eigenvalue weighted by molar-refractivity contribution is 0.217. The predicted octanol–water partition coefficient (Wildman–Crippen LogP) is 5.29. The number of nitrogens with one attached hydrogen (secondary N) is 1. The molecule has 0 saturated heterocycles. The molecule has 0 aliphatic carbocycles. The predicted molar refractivity (Wildman–Crippen MR) is 109 cm³/mol. The minimum Gasteiger partial charge on any atom is -0.490 e. The largest absolute Gasteiger partial charge is 0.490 e. The zero-order valence-electron chi connectivity index (χ0n) is 14.9. The third-order valence-corrected chi connectivity index (χ3v) is 4.06. The Hall–Kier alpha value is -2.85. The van der Waals surface area contributed by atoms with E-state index in [2.05, 4.69) is 5.32 Å². The first-order valence-electron chi connectivity index (χ1n) is 8.84. The van der Waals surface area contributed by atoms with Gasteiger partial charge in [0.05, 0.1) is 10.7 Å². The molecule has 0 aromatic heterocycles. The third kappa shape index (κ3) is 6.12. The lowest BCUT2D eigenvalue weighted by Gasteiger charge is -2.14. The fourth-order valence-corrected chi connectivity index (χ4v) is 2.67. The van der Waals surface area contributed by atoms with Gasteiger partial charge in [0.1, 0.15) is 37.1 Å². The Labute approximate surface area is 164 Å². The topological polar surface area (TPSA) is 39.7 Å². The van der Waals surface area contributed by atoms with Gasteiger partial charge in [-0.15, -0.1) is 0 Å². The minimum absolute atomic E-state index is 0.462. The lowest BCUT2D eigenvalue weighted by Crippen LogP contribution is -2.14. The first-order valence-corrected chi connectivity index (χ1v) is 9.21. The summed E-state index contributed by atoms with van der Waals surface area (Å²) in [5.74, 6) is 2.31. The van der Waals surface area contributed by atoms with Gasteiger partial charge in [-0.2, -0.15) is 0 Å². The highest BCUT2D eigenvalue weighted by molar-refractivity contribution is 6.32. The smallest absolute Gasteiger partial charge is 0.142 e. The van der Waals surface area contributed by atoms with E-state index in [-0.39, 0.29) is 0 Å². The molecule has 1 N–H and O–H groups in total. The molecule has 0 amide bonds. The summed E-state index contributed by atoms with van der Waals surface area (Å²) >= 11 is 6.08. The molecule has 0 heterocycles. The monoisotopic (exact) mass is 383 g/mol. The third-order valence-electron chi connectivity index (χ3n) is 3.75. The van der Waals surface area contributed by atoms with Crippen molar-refractivity contribution >= 4 is 17.3 Å². The summed E-state index contributed by atoms with van der Waals surface area (Å²) in [4.78, 5) is 0. The Balaban J connectivity index is 1.42. The van der Waals surface area contributed by atoms with E-state index in [1.165, 1.54) is 0 Å². The fraction of sp³-hybridized carbons (Fsp3) is 0.182. The molecule has 5 heteroatoms. The number of hydrogen-bond donors (Lipinski definition) is 1. The van der Waals surface area contributed by atoms with E-state index < -0.39 is 0 Å². The number of hydrogen-bond acceptors (Lipinski definition) is 4. The molecule has 3 aromatic carbocycles. The van der Waals surface area contributed by atoms with Gasteiger partial charge in [-0.1, -0.05) is 54.1 Å². The van der Waals surface area contributed by atoms with Crippen LogP contribution in [0.2, 0.25) is 5.02 Å². The van der Waals surface area contributed by atoms with Crippen molar-refractivity contribution in [3.63, 3.8) is 0 Å². The molecule has 0 bridgehead atoms. The van der Waals surface area contributed by atoms with Crippen LogP contribution < -0.4 is 19.5 Å². The summed E-state index contributed by atoms with van der Waals surface area (Å²) in [6.07, 6.45) is 0. The number of anilines is 1. The first kappa shape index (κ1) is 18.9. The van der Waals surface area contributed by atoms with Crippen LogP contribution in [-0.2, 0) is 0 Å². The molecule has 0 atom stereocenters. The van der Waals surface area contributed by atoms with Gasteiger partial charge >= 0.3 is 0 Å². The van der Waals surface area contributed by atoms with Gasteiger partial charge in [-0.3, -0.25) is 0 Å². The SMILES string of the molecule is Clc1ccccc1OCCNc1ccccc1OCCOc1ccccc1. The zero-order chi connectivity index (χ0) is 18.7. The van der Waals surface area contributed by atoms with E-state index in [1.807, 2.05) is 78.9 Å². The summed E-state index contributed by atoms with van der Waals surface area (Å²) in [6, 6.07) is 24.9. The number of halogens is 1. The normalized spacial score (nSPS) is 10.3. The summed E-state index contributed by atoms with van der Waals surface area (Å²) in [5.41, 5.74) is 0.917. The van der Waals surface area contributed by atoms with Crippen LogP contribution in [0.1, 0.15) is 0 Å². The molecule has 4 nitrogen and oxygen atoms in total. The van der Waals surface area contributed by atoms with Crippen LogP contribution in [0.4, 0.5) is 5.69 Å². The Kier molecular flexibility index (Phi) is 7.25. The van der Waals surface area contributed by atoms with Gasteiger partial charge in [0.25, 0.3) is 0 Å². The molecule has 0 spiro atoms. The van der Waals surface area contributed by atoms with Crippen LogP contribution in [-0.4, -0.2) is 26.4 Å². The van der Waals surface area contributed by atoms with Crippen molar-refractivity contribution in [1.82, 2.24) is 0 Å². The maximum atomic E-state index is 6.08. The quantitative estimate of drug-likeness (QED) is 0.483. The molecule has 0 unspecified atom stereocenters. The number of rotatable bonds is 10. The molecule has 0 aliphatic rings. The molecular weight excluding hydrogens is 362 g/mol. The van der Waals surface area contributed by atoms with Gasteiger partial charge in [0.15, 0.2) is 0 Å². The number of benzene rings is 3. The molecule has 0 aliphatic heterocycles. The van der Waals surface area contributed by atoms with E-state index in [9.17, 15) is 0 Å². The van der Waals surface area contributed by atoms with Gasteiger partial charge in [-0.25, -0.2) is 0 Å². The van der Waals surface area contributed by atoms with Crippen molar-refractivity contribution in [2.45, 2.75) is 0 Å². The van der Waals surface area contributed by atoms with Crippen molar-refractivity contribution in [3.05, 3.63) is 83.9 Å². The van der Waals surface area contributed by atoms with Gasteiger partial charge in [0.2, 0.25) is 0 Å². The standard InChI is InChI=1S/C22H22ClNO3/c23-19-10-4-6-12-21(19)26-15-14-24-20-11-5-7-13-22(20)27-17-16-25-18-8-2-1-3-9-18/h1-13,24H,14-17H2. The summed E-state index contributed by atoms with van der Waals surface area (Å²) in [7, 11) is 0. The van der Waals surface area contributed by atoms with Crippen molar-refractivity contribution in [1.29, 1.82) is 0 Å². The van der Waals surface area contributed by atoms with Crippen molar-refractivity contribution in [2.75, 3.05) is 31.7 Å². The molecule has 3 aromatic rings. The van der Waals surface area contributed by atoms with E-state index in [0.717, 1.165) is 17.2 Å².